The third-order valence-electron chi connectivity index (χ3n) is 4.26. The van der Waals surface area contributed by atoms with Crippen LogP contribution in [-0.2, 0) is 16.0 Å². The van der Waals surface area contributed by atoms with Crippen molar-refractivity contribution in [3.63, 3.8) is 0 Å². The number of carbonyl (C=O) groups excluding carboxylic acids is 1. The summed E-state index contributed by atoms with van der Waals surface area (Å²) in [5.74, 6) is -0.100. The number of fused-ring (bicyclic) bond motifs is 1. The number of benzene rings is 1. The van der Waals surface area contributed by atoms with Gasteiger partial charge in [0.2, 0.25) is 0 Å². The second-order valence-electron chi connectivity index (χ2n) is 5.90. The lowest BCUT2D eigenvalue weighted by Crippen LogP contribution is -2.42. The second-order valence-corrected chi connectivity index (χ2v) is 5.90. The van der Waals surface area contributed by atoms with Crippen LogP contribution in [-0.4, -0.2) is 37.7 Å². The number of carbonyl (C=O) groups is 1. The molecule has 114 valence electrons. The van der Waals surface area contributed by atoms with E-state index in [9.17, 15) is 4.79 Å². The highest BCUT2D eigenvalue weighted by Gasteiger charge is 2.30. The molecule has 0 radical (unpaired) electrons. The van der Waals surface area contributed by atoms with Crippen LogP contribution in [0.5, 0.6) is 0 Å². The summed E-state index contributed by atoms with van der Waals surface area (Å²) in [6.45, 7) is 4.27. The van der Waals surface area contributed by atoms with Crippen LogP contribution in [0.25, 0.3) is 0 Å². The second kappa shape index (κ2) is 6.48. The standard InChI is InChI=1S/C17H24N2O2/c1-2-21-17(20)15(18-14-7-8-14)10-12-19-11-9-13-5-3-4-6-16(13)19/h3-6,14-15,18H,2,7-12H2,1H3. The van der Waals surface area contributed by atoms with Crippen molar-refractivity contribution in [2.45, 2.75) is 44.7 Å². The van der Waals surface area contributed by atoms with E-state index in [1.165, 1.54) is 24.1 Å². The summed E-state index contributed by atoms with van der Waals surface area (Å²) in [4.78, 5) is 14.4. The molecule has 1 aliphatic carbocycles. The number of hydrogen-bond donors (Lipinski definition) is 1. The lowest BCUT2D eigenvalue weighted by atomic mass is 10.1. The number of hydrogen-bond acceptors (Lipinski definition) is 4. The number of anilines is 1. The van der Waals surface area contributed by atoms with Crippen LogP contribution in [0.1, 0.15) is 31.7 Å². The number of ether oxygens (including phenoxy) is 1. The molecule has 4 heteroatoms. The van der Waals surface area contributed by atoms with E-state index in [1.807, 2.05) is 6.92 Å². The van der Waals surface area contributed by atoms with Crippen molar-refractivity contribution >= 4 is 11.7 Å². The van der Waals surface area contributed by atoms with Gasteiger partial charge >= 0.3 is 5.97 Å². The number of esters is 1. The van der Waals surface area contributed by atoms with E-state index >= 15 is 0 Å². The smallest absolute Gasteiger partial charge is 0.323 e. The third-order valence-corrected chi connectivity index (χ3v) is 4.26. The molecule has 0 amide bonds. The molecular formula is C17H24N2O2. The fourth-order valence-corrected chi connectivity index (χ4v) is 2.97. The maximum Gasteiger partial charge on any atom is 0.323 e. The predicted octanol–water partition coefficient (Wildman–Crippen LogP) is 2.12. The van der Waals surface area contributed by atoms with Crippen LogP contribution in [0, 0.1) is 0 Å². The molecule has 0 bridgehead atoms. The number of nitrogens with one attached hydrogen (secondary N) is 1. The van der Waals surface area contributed by atoms with Gasteiger partial charge in [0.15, 0.2) is 0 Å². The molecule has 4 nitrogen and oxygen atoms in total. The maximum absolute atomic E-state index is 12.1. The Morgan fingerprint density at radius 2 is 2.24 bits per heavy atom. The molecule has 3 rings (SSSR count). The van der Waals surface area contributed by atoms with E-state index in [4.69, 9.17) is 4.74 Å². The summed E-state index contributed by atoms with van der Waals surface area (Å²) in [7, 11) is 0. The van der Waals surface area contributed by atoms with Crippen LogP contribution >= 0.6 is 0 Å². The summed E-state index contributed by atoms with van der Waals surface area (Å²) in [5.41, 5.74) is 2.74. The summed E-state index contributed by atoms with van der Waals surface area (Å²) in [6, 6.07) is 8.91. The molecule has 1 aromatic rings. The Labute approximate surface area is 126 Å². The lowest BCUT2D eigenvalue weighted by molar-refractivity contribution is -0.145. The summed E-state index contributed by atoms with van der Waals surface area (Å²) in [5, 5.41) is 3.42. The van der Waals surface area contributed by atoms with Crippen LogP contribution in [0.2, 0.25) is 0 Å². The number of rotatable bonds is 7. The van der Waals surface area contributed by atoms with Crippen molar-refractivity contribution in [3.8, 4) is 0 Å². The molecule has 1 aliphatic heterocycles. The molecule has 1 saturated carbocycles. The van der Waals surface area contributed by atoms with Gasteiger partial charge in [0, 0.05) is 24.8 Å². The van der Waals surface area contributed by atoms with Gasteiger partial charge in [-0.25, -0.2) is 0 Å². The molecule has 1 unspecified atom stereocenters. The molecule has 0 saturated heterocycles. The van der Waals surface area contributed by atoms with E-state index in [1.54, 1.807) is 0 Å². The molecular weight excluding hydrogens is 264 g/mol. The Hall–Kier alpha value is -1.55. The summed E-state index contributed by atoms with van der Waals surface area (Å²) < 4.78 is 5.20. The molecule has 2 aliphatic rings. The van der Waals surface area contributed by atoms with Gasteiger partial charge in [0.1, 0.15) is 6.04 Å². The van der Waals surface area contributed by atoms with Gasteiger partial charge in [-0.15, -0.1) is 0 Å². The van der Waals surface area contributed by atoms with E-state index in [-0.39, 0.29) is 12.0 Å². The minimum Gasteiger partial charge on any atom is -0.465 e. The van der Waals surface area contributed by atoms with Gasteiger partial charge in [-0.05, 0) is 44.2 Å². The van der Waals surface area contributed by atoms with Gasteiger partial charge in [0.05, 0.1) is 6.61 Å². The zero-order chi connectivity index (χ0) is 14.7. The van der Waals surface area contributed by atoms with Crippen molar-refractivity contribution < 1.29 is 9.53 Å². The van der Waals surface area contributed by atoms with Crippen molar-refractivity contribution in [2.75, 3.05) is 24.6 Å². The zero-order valence-electron chi connectivity index (χ0n) is 12.7. The highest BCUT2D eigenvalue weighted by Crippen LogP contribution is 2.28. The monoisotopic (exact) mass is 288 g/mol. The first kappa shape index (κ1) is 14.4. The molecule has 1 fully saturated rings. The topological polar surface area (TPSA) is 41.6 Å². The quantitative estimate of drug-likeness (QED) is 0.780. The summed E-state index contributed by atoms with van der Waals surface area (Å²) >= 11 is 0. The first-order chi connectivity index (χ1) is 10.3. The van der Waals surface area contributed by atoms with Gasteiger partial charge < -0.3 is 15.0 Å². The van der Waals surface area contributed by atoms with Gasteiger partial charge in [-0.2, -0.15) is 0 Å². The zero-order valence-corrected chi connectivity index (χ0v) is 12.7. The number of para-hydroxylation sites is 1. The third kappa shape index (κ3) is 3.56. The van der Waals surface area contributed by atoms with E-state index in [0.29, 0.717) is 12.6 Å². The van der Waals surface area contributed by atoms with Crippen molar-refractivity contribution in [3.05, 3.63) is 29.8 Å². The minimum atomic E-state index is -0.162. The maximum atomic E-state index is 12.1. The molecule has 1 atom stereocenters. The van der Waals surface area contributed by atoms with E-state index < -0.39 is 0 Å². The summed E-state index contributed by atoms with van der Waals surface area (Å²) in [6.07, 6.45) is 4.28. The Kier molecular flexibility index (Phi) is 4.44. The molecule has 1 heterocycles. The van der Waals surface area contributed by atoms with Crippen molar-refractivity contribution in [2.24, 2.45) is 0 Å². The molecule has 1 aromatic carbocycles. The van der Waals surface area contributed by atoms with Crippen molar-refractivity contribution in [1.29, 1.82) is 0 Å². The highest BCUT2D eigenvalue weighted by molar-refractivity contribution is 5.76. The Bertz CT molecular complexity index is 499. The number of nitrogens with zero attached hydrogens (tertiary/aromatic N) is 1. The van der Waals surface area contributed by atoms with Gasteiger partial charge in [0.25, 0.3) is 0 Å². The fourth-order valence-electron chi connectivity index (χ4n) is 2.97. The Morgan fingerprint density at radius 1 is 1.43 bits per heavy atom. The van der Waals surface area contributed by atoms with Gasteiger partial charge in [-0.3, -0.25) is 4.79 Å². The largest absolute Gasteiger partial charge is 0.465 e. The molecule has 21 heavy (non-hydrogen) atoms. The predicted molar refractivity (Wildman–Crippen MR) is 83.6 cm³/mol. The van der Waals surface area contributed by atoms with E-state index in [0.717, 1.165) is 25.9 Å². The van der Waals surface area contributed by atoms with Crippen LogP contribution in [0.4, 0.5) is 5.69 Å². The minimum absolute atomic E-state index is 0.100. The molecule has 0 aromatic heterocycles. The normalized spacial score (nSPS) is 18.4. The lowest BCUT2D eigenvalue weighted by Gasteiger charge is -2.23. The SMILES string of the molecule is CCOC(=O)C(CCN1CCc2ccccc21)NC1CC1. The fraction of sp³-hybridized carbons (Fsp3) is 0.588. The molecule has 0 spiro atoms. The Balaban J connectivity index is 1.57. The van der Waals surface area contributed by atoms with Crippen LogP contribution in [0.15, 0.2) is 24.3 Å². The van der Waals surface area contributed by atoms with Gasteiger partial charge in [-0.1, -0.05) is 18.2 Å². The van der Waals surface area contributed by atoms with Crippen molar-refractivity contribution in [1.82, 2.24) is 5.32 Å². The van der Waals surface area contributed by atoms with E-state index in [2.05, 4.69) is 34.5 Å². The van der Waals surface area contributed by atoms with Crippen LogP contribution < -0.4 is 10.2 Å². The Morgan fingerprint density at radius 3 is 3.00 bits per heavy atom. The first-order valence-electron chi connectivity index (χ1n) is 8.03. The molecule has 1 N–H and O–H groups in total. The highest BCUT2D eigenvalue weighted by atomic mass is 16.5. The first-order valence-corrected chi connectivity index (χ1v) is 8.03. The average Bonchev–Trinajstić information content (AvgIpc) is 3.22. The van der Waals surface area contributed by atoms with Crippen LogP contribution in [0.3, 0.4) is 0 Å². The average molecular weight is 288 g/mol.